The van der Waals surface area contributed by atoms with Crippen molar-refractivity contribution in [3.05, 3.63) is 120 Å². The van der Waals surface area contributed by atoms with Crippen LogP contribution in [0, 0.1) is 17.3 Å². The van der Waals surface area contributed by atoms with Crippen molar-refractivity contribution in [2.24, 2.45) is 17.3 Å². The lowest BCUT2D eigenvalue weighted by Crippen LogP contribution is -2.46. The molecule has 1 unspecified atom stereocenters. The van der Waals surface area contributed by atoms with Gasteiger partial charge in [-0.3, -0.25) is 14.5 Å². The van der Waals surface area contributed by atoms with Gasteiger partial charge in [0.2, 0.25) is 9.70 Å². The van der Waals surface area contributed by atoms with Gasteiger partial charge in [0.25, 0.3) is 0 Å². The van der Waals surface area contributed by atoms with E-state index in [2.05, 4.69) is 48.3 Å². The number of benzene rings is 3. The van der Waals surface area contributed by atoms with Crippen molar-refractivity contribution in [1.82, 2.24) is 10.2 Å². The summed E-state index contributed by atoms with van der Waals surface area (Å²) in [5, 5.41) is 12.8. The van der Waals surface area contributed by atoms with Crippen LogP contribution in [0.3, 0.4) is 0 Å². The molecule has 6 atom stereocenters. The molecule has 2 amide bonds. The molecule has 0 spiro atoms. The molecule has 1 fully saturated rings. The number of halogens is 3. The Morgan fingerprint density at radius 1 is 0.862 bits per heavy atom. The predicted octanol–water partition coefficient (Wildman–Crippen LogP) is 10.8. The van der Waals surface area contributed by atoms with Crippen LogP contribution in [0.15, 0.2) is 104 Å². The average molecular weight is 976 g/mol. The van der Waals surface area contributed by atoms with Crippen molar-refractivity contribution in [2.45, 2.75) is 106 Å². The van der Waals surface area contributed by atoms with Crippen molar-refractivity contribution < 1.29 is 48.0 Å². The van der Waals surface area contributed by atoms with E-state index in [0.29, 0.717) is 25.0 Å². The summed E-state index contributed by atoms with van der Waals surface area (Å²) in [4.78, 5) is 66.8. The highest BCUT2D eigenvalue weighted by Crippen LogP contribution is 2.49. The Hall–Kier alpha value is -4.43. The minimum Gasteiger partial charge on any atom is -0.465 e. The molecule has 1 heterocycles. The summed E-state index contributed by atoms with van der Waals surface area (Å²) in [6.07, 6.45) is -1.05. The zero-order chi connectivity index (χ0) is 47.8. The molecule has 12 nitrogen and oxygen atoms in total. The molecule has 0 saturated carbocycles. The monoisotopic (exact) mass is 974 g/mol. The lowest BCUT2D eigenvalue weighted by atomic mass is 9.81. The van der Waals surface area contributed by atoms with Gasteiger partial charge in [0.05, 0.1) is 10.7 Å². The number of carbonyl (C=O) groups excluding carboxylic acids is 4. The van der Waals surface area contributed by atoms with E-state index in [0.717, 1.165) is 21.6 Å². The molecular weight excluding hydrogens is 915 g/mol. The molecule has 354 valence electrons. The zero-order valence-corrected chi connectivity index (χ0v) is 40.7. The smallest absolute Gasteiger partial charge is 0.465 e. The number of amides is 2. The third-order valence-corrected chi connectivity index (χ3v) is 13.3. The fraction of sp³-hybridized carbons (Fsp3) is 0.490. The second-order valence-corrected chi connectivity index (χ2v) is 21.2. The molecule has 0 bridgehead atoms. The number of carboxylic acid groups (broad SMARTS) is 1. The maximum absolute atomic E-state index is 14.5. The van der Waals surface area contributed by atoms with E-state index >= 15 is 0 Å². The van der Waals surface area contributed by atoms with E-state index in [1.54, 1.807) is 18.7 Å². The summed E-state index contributed by atoms with van der Waals surface area (Å²) in [5.41, 5.74) is 2.49. The SMILES string of the molecule is C=CCOC(=O)CC[C@@H](CSC(c1ccccc1)(c1ccccc1)c1ccccc1)NC(=O)[C@@H](C)[C@H](C[C@H](C)C[C@H](OC(=O)C1CCCN1C(=O)O)C(C)(C)C)OC(=O)OCC(Cl)(Cl)Cl. The third-order valence-electron chi connectivity index (χ3n) is 11.3. The first-order valence-electron chi connectivity index (χ1n) is 21.7. The fourth-order valence-corrected chi connectivity index (χ4v) is 9.53. The summed E-state index contributed by atoms with van der Waals surface area (Å²) in [7, 11) is 0. The number of hydrogen-bond donors (Lipinski definition) is 2. The minimum absolute atomic E-state index is 0.00104. The molecule has 0 aromatic heterocycles. The number of nitrogens with zero attached hydrogens (tertiary/aromatic N) is 1. The van der Waals surface area contributed by atoms with Gasteiger partial charge in [-0.25, -0.2) is 14.4 Å². The molecule has 16 heteroatoms. The molecule has 4 rings (SSSR count). The first kappa shape index (κ1) is 53.2. The van der Waals surface area contributed by atoms with Gasteiger partial charge in [-0.1, -0.05) is 173 Å². The van der Waals surface area contributed by atoms with Gasteiger partial charge < -0.3 is 29.4 Å². The van der Waals surface area contributed by atoms with Crippen molar-refractivity contribution >= 4 is 76.7 Å². The first-order valence-corrected chi connectivity index (χ1v) is 23.8. The van der Waals surface area contributed by atoms with E-state index in [-0.39, 0.29) is 38.3 Å². The minimum atomic E-state index is -1.92. The van der Waals surface area contributed by atoms with Crippen LogP contribution in [0.2, 0.25) is 0 Å². The first-order chi connectivity index (χ1) is 30.7. The summed E-state index contributed by atoms with van der Waals surface area (Å²) >= 11 is 19.2. The largest absolute Gasteiger partial charge is 0.508 e. The molecular formula is C49H61Cl3N2O10S. The van der Waals surface area contributed by atoms with Gasteiger partial charge in [0.1, 0.15) is 31.5 Å². The van der Waals surface area contributed by atoms with E-state index in [9.17, 15) is 29.1 Å². The highest BCUT2D eigenvalue weighted by Gasteiger charge is 2.41. The number of rotatable bonds is 22. The molecule has 65 heavy (non-hydrogen) atoms. The van der Waals surface area contributed by atoms with Crippen molar-refractivity contribution in [1.29, 1.82) is 0 Å². The number of nitrogens with one attached hydrogen (secondary N) is 1. The third kappa shape index (κ3) is 16.1. The number of hydrogen-bond acceptors (Lipinski definition) is 10. The highest BCUT2D eigenvalue weighted by molar-refractivity contribution is 8.00. The summed E-state index contributed by atoms with van der Waals surface area (Å²) < 4.78 is 19.6. The van der Waals surface area contributed by atoms with Crippen LogP contribution in [-0.4, -0.2) is 93.7 Å². The van der Waals surface area contributed by atoms with Crippen molar-refractivity contribution in [3.8, 4) is 0 Å². The molecule has 1 saturated heterocycles. The van der Waals surface area contributed by atoms with E-state index in [4.69, 9.17) is 53.8 Å². The van der Waals surface area contributed by atoms with E-state index in [1.807, 2.05) is 82.3 Å². The second kappa shape index (κ2) is 24.9. The van der Waals surface area contributed by atoms with Crippen molar-refractivity contribution in [2.75, 3.05) is 25.5 Å². The lowest BCUT2D eigenvalue weighted by Gasteiger charge is -2.37. The van der Waals surface area contributed by atoms with Gasteiger partial charge in [-0.05, 0) is 60.1 Å². The quantitative estimate of drug-likeness (QED) is 0.0325. The Bertz CT molecular complexity index is 1920. The van der Waals surface area contributed by atoms with Crippen LogP contribution >= 0.6 is 46.6 Å². The van der Waals surface area contributed by atoms with Crippen LogP contribution in [0.1, 0.15) is 89.8 Å². The lowest BCUT2D eigenvalue weighted by molar-refractivity contribution is -0.161. The number of esters is 2. The summed E-state index contributed by atoms with van der Waals surface area (Å²) in [6.45, 7) is 12.5. The molecule has 2 N–H and O–H groups in total. The maximum Gasteiger partial charge on any atom is 0.508 e. The molecule has 3 aromatic carbocycles. The van der Waals surface area contributed by atoms with E-state index < -0.39 is 80.9 Å². The fourth-order valence-electron chi connectivity index (χ4n) is 7.76. The maximum atomic E-state index is 14.5. The highest BCUT2D eigenvalue weighted by atomic mass is 35.6. The van der Waals surface area contributed by atoms with Crippen molar-refractivity contribution in [3.63, 3.8) is 0 Å². The zero-order valence-electron chi connectivity index (χ0n) is 37.6. The van der Waals surface area contributed by atoms with E-state index in [1.165, 1.54) is 6.08 Å². The second-order valence-electron chi connectivity index (χ2n) is 17.4. The van der Waals surface area contributed by atoms with Crippen LogP contribution in [0.5, 0.6) is 0 Å². The molecule has 0 aliphatic carbocycles. The Morgan fingerprint density at radius 2 is 1.42 bits per heavy atom. The topological polar surface area (TPSA) is 158 Å². The van der Waals surface area contributed by atoms with Gasteiger partial charge in [0.15, 0.2) is 0 Å². The Balaban J connectivity index is 1.64. The molecule has 1 aliphatic heterocycles. The number of ether oxygens (including phenoxy) is 4. The van der Waals surface area contributed by atoms with Gasteiger partial charge in [-0.2, -0.15) is 0 Å². The Morgan fingerprint density at radius 3 is 1.91 bits per heavy atom. The molecule has 3 aromatic rings. The molecule has 0 radical (unpaired) electrons. The Labute approximate surface area is 402 Å². The van der Waals surface area contributed by atoms with Crippen LogP contribution < -0.4 is 5.32 Å². The standard InChI is InChI=1S/C49H61Cl3N2O10S/c1-7-28-61-42(55)26-25-38(31-65-49(35-18-11-8-12-19-35,36-20-13-9-14-21-36)37-22-15-10-16-23-37)53-43(56)34(3)40(63-46(60)62-32-48(50,51)52)29-33(2)30-41(47(4,5)6)64-44(57)39-24-17-27-54(39)45(58)59/h7-16,18-23,33-34,38-41H,1,17,24-32H2,2-6H3,(H,53,56)(H,58,59)/t33-,34-,38-,39?,40-,41-/m0/s1. The summed E-state index contributed by atoms with van der Waals surface area (Å²) in [5.74, 6) is -2.48. The molecule has 1 aliphatic rings. The van der Waals surface area contributed by atoms with Crippen LogP contribution in [0.25, 0.3) is 0 Å². The number of likely N-dealkylation sites (tertiary alicyclic amines) is 1. The Kier molecular flexibility index (Phi) is 20.4. The number of alkyl halides is 3. The van der Waals surface area contributed by atoms with Gasteiger partial charge >= 0.3 is 24.2 Å². The normalized spacial score (nSPS) is 16.6. The predicted molar refractivity (Wildman–Crippen MR) is 255 cm³/mol. The number of carbonyl (C=O) groups is 5. The average Bonchev–Trinajstić information content (AvgIpc) is 3.78. The van der Waals surface area contributed by atoms with Crippen LogP contribution in [0.4, 0.5) is 9.59 Å². The summed E-state index contributed by atoms with van der Waals surface area (Å²) in [6, 6.07) is 28.8. The number of thioether (sulfide) groups is 1. The van der Waals surface area contributed by atoms with Gasteiger partial charge in [-0.15, -0.1) is 11.8 Å². The van der Waals surface area contributed by atoms with Crippen LogP contribution in [-0.2, 0) is 38.1 Å². The van der Waals surface area contributed by atoms with Gasteiger partial charge in [0, 0.05) is 24.8 Å².